The SMILES string of the molecule is CCCCCCCCCCCCC(O)CCCCC(=O)OCCCC. The molecule has 0 heterocycles. The van der Waals surface area contributed by atoms with Crippen LogP contribution in [0, 0.1) is 0 Å². The molecular formula is C22H44O3. The molecule has 0 amide bonds. The van der Waals surface area contributed by atoms with Gasteiger partial charge in [0, 0.05) is 6.42 Å². The molecule has 3 heteroatoms. The third-order valence-corrected chi connectivity index (χ3v) is 4.82. The molecule has 3 nitrogen and oxygen atoms in total. The first-order valence-corrected chi connectivity index (χ1v) is 11.0. The topological polar surface area (TPSA) is 46.5 Å². The highest BCUT2D eigenvalue weighted by atomic mass is 16.5. The first kappa shape index (κ1) is 24.4. The van der Waals surface area contributed by atoms with Gasteiger partial charge in [-0.3, -0.25) is 4.79 Å². The van der Waals surface area contributed by atoms with Crippen molar-refractivity contribution in [3.05, 3.63) is 0 Å². The smallest absolute Gasteiger partial charge is 0.305 e. The van der Waals surface area contributed by atoms with Crippen LogP contribution in [0.25, 0.3) is 0 Å². The lowest BCUT2D eigenvalue weighted by Crippen LogP contribution is -2.08. The molecule has 1 atom stereocenters. The van der Waals surface area contributed by atoms with E-state index in [2.05, 4.69) is 13.8 Å². The summed E-state index contributed by atoms with van der Waals surface area (Å²) in [6.07, 6.45) is 19.1. The predicted octanol–water partition coefficient (Wildman–Crippen LogP) is 6.56. The number of aliphatic hydroxyl groups is 1. The lowest BCUT2D eigenvalue weighted by molar-refractivity contribution is -0.143. The van der Waals surface area contributed by atoms with Crippen molar-refractivity contribution in [1.82, 2.24) is 0 Å². The molecule has 0 aromatic rings. The summed E-state index contributed by atoms with van der Waals surface area (Å²) in [5.41, 5.74) is 0. The van der Waals surface area contributed by atoms with E-state index in [4.69, 9.17) is 4.74 Å². The number of ether oxygens (including phenoxy) is 1. The number of esters is 1. The molecule has 0 radical (unpaired) electrons. The third-order valence-electron chi connectivity index (χ3n) is 4.82. The second-order valence-electron chi connectivity index (χ2n) is 7.44. The molecule has 0 aliphatic rings. The highest BCUT2D eigenvalue weighted by Crippen LogP contribution is 2.14. The van der Waals surface area contributed by atoms with Crippen molar-refractivity contribution in [2.45, 2.75) is 129 Å². The van der Waals surface area contributed by atoms with Gasteiger partial charge in [-0.25, -0.2) is 0 Å². The van der Waals surface area contributed by atoms with Gasteiger partial charge < -0.3 is 9.84 Å². The fourth-order valence-electron chi connectivity index (χ4n) is 3.06. The van der Waals surface area contributed by atoms with Crippen molar-refractivity contribution < 1.29 is 14.6 Å². The predicted molar refractivity (Wildman–Crippen MR) is 107 cm³/mol. The van der Waals surface area contributed by atoms with Crippen LogP contribution in [0.4, 0.5) is 0 Å². The van der Waals surface area contributed by atoms with E-state index in [9.17, 15) is 9.90 Å². The summed E-state index contributed by atoms with van der Waals surface area (Å²) < 4.78 is 5.13. The van der Waals surface area contributed by atoms with E-state index in [1.54, 1.807) is 0 Å². The maximum Gasteiger partial charge on any atom is 0.305 e. The highest BCUT2D eigenvalue weighted by molar-refractivity contribution is 5.69. The number of hydrogen-bond acceptors (Lipinski definition) is 3. The second kappa shape index (κ2) is 19.8. The first-order chi connectivity index (χ1) is 12.2. The lowest BCUT2D eigenvalue weighted by Gasteiger charge is -2.10. The van der Waals surface area contributed by atoms with Gasteiger partial charge in [0.05, 0.1) is 12.7 Å². The average Bonchev–Trinajstić information content (AvgIpc) is 2.60. The molecule has 0 saturated heterocycles. The molecule has 0 spiro atoms. The summed E-state index contributed by atoms with van der Waals surface area (Å²) in [5, 5.41) is 9.99. The third kappa shape index (κ3) is 19.6. The Morgan fingerprint density at radius 2 is 1.20 bits per heavy atom. The number of rotatable bonds is 19. The summed E-state index contributed by atoms with van der Waals surface area (Å²) in [4.78, 5) is 11.4. The quantitative estimate of drug-likeness (QED) is 0.210. The van der Waals surface area contributed by atoms with Crippen LogP contribution < -0.4 is 0 Å². The molecule has 0 fully saturated rings. The van der Waals surface area contributed by atoms with Gasteiger partial charge in [-0.2, -0.15) is 0 Å². The van der Waals surface area contributed by atoms with Crippen molar-refractivity contribution in [3.63, 3.8) is 0 Å². The Labute approximate surface area is 156 Å². The maximum atomic E-state index is 11.4. The Kier molecular flexibility index (Phi) is 19.3. The van der Waals surface area contributed by atoms with E-state index < -0.39 is 0 Å². The Bertz CT molecular complexity index is 278. The minimum absolute atomic E-state index is 0.0855. The number of carbonyl (C=O) groups excluding carboxylic acids is 1. The van der Waals surface area contributed by atoms with Crippen LogP contribution in [0.2, 0.25) is 0 Å². The maximum absolute atomic E-state index is 11.4. The van der Waals surface area contributed by atoms with Gasteiger partial charge >= 0.3 is 5.97 Å². The standard InChI is InChI=1S/C22H44O3/c1-3-5-7-8-9-10-11-12-13-14-17-21(23)18-15-16-19-22(24)25-20-6-4-2/h21,23H,3-20H2,1-2H3. The van der Waals surface area contributed by atoms with Crippen molar-refractivity contribution in [3.8, 4) is 0 Å². The zero-order valence-corrected chi connectivity index (χ0v) is 17.1. The molecule has 150 valence electrons. The first-order valence-electron chi connectivity index (χ1n) is 11.0. The fourth-order valence-corrected chi connectivity index (χ4v) is 3.06. The van der Waals surface area contributed by atoms with Gasteiger partial charge in [0.2, 0.25) is 0 Å². The monoisotopic (exact) mass is 356 g/mol. The molecule has 1 N–H and O–H groups in total. The number of aliphatic hydroxyl groups excluding tert-OH is 1. The van der Waals surface area contributed by atoms with Gasteiger partial charge in [-0.15, -0.1) is 0 Å². The van der Waals surface area contributed by atoms with Crippen LogP contribution in [0.15, 0.2) is 0 Å². The van der Waals surface area contributed by atoms with E-state index in [1.165, 1.54) is 57.8 Å². The van der Waals surface area contributed by atoms with Crippen molar-refractivity contribution >= 4 is 5.97 Å². The molecular weight excluding hydrogens is 312 g/mol. The Balaban J connectivity index is 3.25. The van der Waals surface area contributed by atoms with Crippen LogP contribution in [0.5, 0.6) is 0 Å². The minimum atomic E-state index is -0.190. The molecule has 0 bridgehead atoms. The van der Waals surface area contributed by atoms with Gasteiger partial charge in [-0.05, 0) is 25.7 Å². The Morgan fingerprint density at radius 3 is 1.76 bits per heavy atom. The molecule has 1 unspecified atom stereocenters. The van der Waals surface area contributed by atoms with Crippen LogP contribution in [0.1, 0.15) is 123 Å². The van der Waals surface area contributed by atoms with Gasteiger partial charge in [0.15, 0.2) is 0 Å². The van der Waals surface area contributed by atoms with Gasteiger partial charge in [0.25, 0.3) is 0 Å². The average molecular weight is 357 g/mol. The zero-order chi connectivity index (χ0) is 18.6. The number of hydrogen-bond donors (Lipinski definition) is 1. The van der Waals surface area contributed by atoms with E-state index in [0.717, 1.165) is 44.9 Å². The molecule has 0 aromatic carbocycles. The minimum Gasteiger partial charge on any atom is -0.466 e. The van der Waals surface area contributed by atoms with Crippen molar-refractivity contribution in [1.29, 1.82) is 0 Å². The van der Waals surface area contributed by atoms with Crippen LogP contribution in [0.3, 0.4) is 0 Å². The fraction of sp³-hybridized carbons (Fsp3) is 0.955. The summed E-state index contributed by atoms with van der Waals surface area (Å²) in [7, 11) is 0. The highest BCUT2D eigenvalue weighted by Gasteiger charge is 2.06. The molecule has 0 rings (SSSR count). The van der Waals surface area contributed by atoms with E-state index >= 15 is 0 Å². The molecule has 0 aliphatic carbocycles. The van der Waals surface area contributed by atoms with E-state index in [0.29, 0.717) is 13.0 Å². The second-order valence-corrected chi connectivity index (χ2v) is 7.44. The number of carbonyl (C=O) groups is 1. The van der Waals surface area contributed by atoms with Gasteiger partial charge in [-0.1, -0.05) is 90.9 Å². The van der Waals surface area contributed by atoms with Crippen LogP contribution in [-0.4, -0.2) is 23.8 Å². The van der Waals surface area contributed by atoms with E-state index in [-0.39, 0.29) is 12.1 Å². The molecule has 0 aliphatic heterocycles. The summed E-state index contributed by atoms with van der Waals surface area (Å²) in [6.45, 7) is 4.90. The normalized spacial score (nSPS) is 12.3. The largest absolute Gasteiger partial charge is 0.466 e. The van der Waals surface area contributed by atoms with Crippen LogP contribution in [-0.2, 0) is 9.53 Å². The Hall–Kier alpha value is -0.570. The molecule has 25 heavy (non-hydrogen) atoms. The summed E-state index contributed by atoms with van der Waals surface area (Å²) in [6, 6.07) is 0. The lowest BCUT2D eigenvalue weighted by atomic mass is 10.0. The van der Waals surface area contributed by atoms with Crippen LogP contribution >= 0.6 is 0 Å². The summed E-state index contributed by atoms with van der Waals surface area (Å²) >= 11 is 0. The Morgan fingerprint density at radius 1 is 0.720 bits per heavy atom. The van der Waals surface area contributed by atoms with Gasteiger partial charge in [0.1, 0.15) is 0 Å². The number of unbranched alkanes of at least 4 members (excludes halogenated alkanes) is 11. The van der Waals surface area contributed by atoms with E-state index in [1.807, 2.05) is 0 Å². The zero-order valence-electron chi connectivity index (χ0n) is 17.1. The van der Waals surface area contributed by atoms with Crippen molar-refractivity contribution in [2.24, 2.45) is 0 Å². The van der Waals surface area contributed by atoms with Crippen molar-refractivity contribution in [2.75, 3.05) is 6.61 Å². The molecule has 0 saturated carbocycles. The summed E-state index contributed by atoms with van der Waals surface area (Å²) in [5.74, 6) is -0.0855. The molecule has 0 aromatic heterocycles.